The molecule has 0 fully saturated rings. The molecule has 0 aliphatic rings. The van der Waals surface area contributed by atoms with Crippen LogP contribution < -0.4 is 5.32 Å². The number of amides is 1. The minimum atomic E-state index is -0.726. The minimum absolute atomic E-state index is 0.00333. The summed E-state index contributed by atoms with van der Waals surface area (Å²) in [6, 6.07) is 10.3. The van der Waals surface area contributed by atoms with E-state index in [2.05, 4.69) is 15.5 Å². The van der Waals surface area contributed by atoms with E-state index >= 15 is 0 Å². The van der Waals surface area contributed by atoms with Gasteiger partial charge in [-0.15, -0.1) is 10.2 Å². The second kappa shape index (κ2) is 7.02. The highest BCUT2D eigenvalue weighted by molar-refractivity contribution is 7.15. The van der Waals surface area contributed by atoms with Crippen LogP contribution in [-0.4, -0.2) is 16.1 Å². The van der Waals surface area contributed by atoms with Crippen molar-refractivity contribution in [2.24, 2.45) is 0 Å². The van der Waals surface area contributed by atoms with Crippen molar-refractivity contribution < 1.29 is 13.6 Å². The van der Waals surface area contributed by atoms with Gasteiger partial charge in [-0.3, -0.25) is 10.1 Å². The lowest BCUT2D eigenvalue weighted by Crippen LogP contribution is -2.14. The standard InChI is InChI=1S/C16H10ClF2N3OS/c17-10-5-3-7-12(19)14(10)15(23)20-16-22-21-13(24-16)8-9-4-1-2-6-11(9)18/h1-7H,8H2,(H,20,22,23). The van der Waals surface area contributed by atoms with Crippen molar-refractivity contribution in [2.75, 3.05) is 5.32 Å². The number of rotatable bonds is 4. The summed E-state index contributed by atoms with van der Waals surface area (Å²) in [6.07, 6.45) is 0.251. The summed E-state index contributed by atoms with van der Waals surface area (Å²) in [6.45, 7) is 0. The van der Waals surface area contributed by atoms with E-state index < -0.39 is 11.7 Å². The molecule has 1 heterocycles. The molecule has 122 valence electrons. The third-order valence-electron chi connectivity index (χ3n) is 3.18. The van der Waals surface area contributed by atoms with Crippen molar-refractivity contribution in [2.45, 2.75) is 6.42 Å². The number of anilines is 1. The summed E-state index contributed by atoms with van der Waals surface area (Å²) < 4.78 is 27.4. The third-order valence-corrected chi connectivity index (χ3v) is 4.33. The summed E-state index contributed by atoms with van der Waals surface area (Å²) in [5.41, 5.74) is 0.216. The quantitative estimate of drug-likeness (QED) is 0.749. The second-order valence-corrected chi connectivity index (χ2v) is 6.29. The molecule has 3 aromatic rings. The monoisotopic (exact) mass is 365 g/mol. The van der Waals surface area contributed by atoms with Crippen LogP contribution in [0.3, 0.4) is 0 Å². The van der Waals surface area contributed by atoms with Gasteiger partial charge in [-0.2, -0.15) is 0 Å². The number of benzene rings is 2. The van der Waals surface area contributed by atoms with Crippen LogP contribution in [0, 0.1) is 11.6 Å². The van der Waals surface area contributed by atoms with Crippen molar-refractivity contribution in [3.63, 3.8) is 0 Å². The fourth-order valence-corrected chi connectivity index (χ4v) is 3.06. The first-order valence-electron chi connectivity index (χ1n) is 6.86. The normalized spacial score (nSPS) is 10.6. The topological polar surface area (TPSA) is 54.9 Å². The Bertz CT molecular complexity index is 880. The van der Waals surface area contributed by atoms with Gasteiger partial charge < -0.3 is 0 Å². The minimum Gasteiger partial charge on any atom is -0.296 e. The Morgan fingerprint density at radius 3 is 2.58 bits per heavy atom. The van der Waals surface area contributed by atoms with Gasteiger partial charge in [0.15, 0.2) is 0 Å². The number of nitrogens with one attached hydrogen (secondary N) is 1. The van der Waals surface area contributed by atoms with Gasteiger partial charge in [0.05, 0.1) is 10.6 Å². The first-order valence-corrected chi connectivity index (χ1v) is 8.05. The molecule has 24 heavy (non-hydrogen) atoms. The predicted molar refractivity (Wildman–Crippen MR) is 88.5 cm³/mol. The van der Waals surface area contributed by atoms with Crippen LogP contribution in [-0.2, 0) is 6.42 Å². The van der Waals surface area contributed by atoms with Crippen molar-refractivity contribution in [3.05, 3.63) is 75.3 Å². The summed E-state index contributed by atoms with van der Waals surface area (Å²) in [4.78, 5) is 12.1. The molecule has 0 atom stereocenters. The van der Waals surface area contributed by atoms with Crippen LogP contribution in [0.4, 0.5) is 13.9 Å². The summed E-state index contributed by atoms with van der Waals surface area (Å²) in [5.74, 6) is -1.78. The van der Waals surface area contributed by atoms with E-state index in [1.165, 1.54) is 18.2 Å². The van der Waals surface area contributed by atoms with Crippen molar-refractivity contribution in [3.8, 4) is 0 Å². The predicted octanol–water partition coefficient (Wildman–Crippen LogP) is 4.31. The lowest BCUT2D eigenvalue weighted by molar-refractivity contribution is 0.102. The lowest BCUT2D eigenvalue weighted by Gasteiger charge is -2.04. The number of aromatic nitrogens is 2. The van der Waals surface area contributed by atoms with Gasteiger partial charge in [-0.05, 0) is 23.8 Å². The zero-order chi connectivity index (χ0) is 17.1. The number of carbonyl (C=O) groups excluding carboxylic acids is 1. The molecule has 2 aromatic carbocycles. The van der Waals surface area contributed by atoms with Crippen LogP contribution in [0.1, 0.15) is 20.9 Å². The number of carbonyl (C=O) groups is 1. The average Bonchev–Trinajstić information content (AvgIpc) is 2.96. The van der Waals surface area contributed by atoms with Gasteiger partial charge in [0, 0.05) is 6.42 Å². The first-order chi connectivity index (χ1) is 11.5. The van der Waals surface area contributed by atoms with Crippen LogP contribution >= 0.6 is 22.9 Å². The molecule has 0 saturated heterocycles. The molecular formula is C16H10ClF2N3OS. The van der Waals surface area contributed by atoms with Gasteiger partial charge >= 0.3 is 0 Å². The zero-order valence-electron chi connectivity index (χ0n) is 12.1. The SMILES string of the molecule is O=C(Nc1nnc(Cc2ccccc2F)s1)c1c(F)cccc1Cl. The molecule has 0 spiro atoms. The number of nitrogens with zero attached hydrogens (tertiary/aromatic N) is 2. The van der Waals surface area contributed by atoms with Gasteiger partial charge in [0.2, 0.25) is 5.13 Å². The van der Waals surface area contributed by atoms with Crippen LogP contribution in [0.5, 0.6) is 0 Å². The van der Waals surface area contributed by atoms with Crippen LogP contribution in [0.25, 0.3) is 0 Å². The van der Waals surface area contributed by atoms with E-state index in [0.29, 0.717) is 10.6 Å². The van der Waals surface area contributed by atoms with Gasteiger partial charge in [-0.1, -0.05) is 47.2 Å². The molecule has 0 saturated carbocycles. The molecule has 0 unspecified atom stereocenters. The largest absolute Gasteiger partial charge is 0.296 e. The highest BCUT2D eigenvalue weighted by Gasteiger charge is 2.17. The van der Waals surface area contributed by atoms with Crippen molar-refractivity contribution >= 4 is 34.0 Å². The fourth-order valence-electron chi connectivity index (χ4n) is 2.05. The molecule has 0 bridgehead atoms. The van der Waals surface area contributed by atoms with E-state index in [1.54, 1.807) is 18.2 Å². The molecular weight excluding hydrogens is 356 g/mol. The molecule has 1 aromatic heterocycles. The number of hydrogen-bond acceptors (Lipinski definition) is 4. The van der Waals surface area contributed by atoms with Crippen LogP contribution in [0.2, 0.25) is 5.02 Å². The Hall–Kier alpha value is -2.38. The molecule has 4 nitrogen and oxygen atoms in total. The smallest absolute Gasteiger partial charge is 0.261 e. The second-order valence-electron chi connectivity index (χ2n) is 4.82. The molecule has 3 rings (SSSR count). The average molecular weight is 366 g/mol. The molecule has 0 radical (unpaired) electrons. The van der Waals surface area contributed by atoms with Gasteiger partial charge in [0.25, 0.3) is 5.91 Å². The number of hydrogen-bond donors (Lipinski definition) is 1. The van der Waals surface area contributed by atoms with Gasteiger partial charge in [-0.25, -0.2) is 8.78 Å². The summed E-state index contributed by atoms with van der Waals surface area (Å²) >= 11 is 6.93. The maximum absolute atomic E-state index is 13.7. The maximum atomic E-state index is 13.7. The maximum Gasteiger partial charge on any atom is 0.261 e. The fraction of sp³-hybridized carbons (Fsp3) is 0.0625. The summed E-state index contributed by atoms with van der Waals surface area (Å²) in [5, 5.41) is 10.9. The first kappa shape index (κ1) is 16.5. The van der Waals surface area contributed by atoms with E-state index in [4.69, 9.17) is 11.6 Å². The van der Waals surface area contributed by atoms with Crippen molar-refractivity contribution in [1.29, 1.82) is 0 Å². The molecule has 1 amide bonds. The van der Waals surface area contributed by atoms with E-state index in [0.717, 1.165) is 17.4 Å². The highest BCUT2D eigenvalue weighted by Crippen LogP contribution is 2.23. The highest BCUT2D eigenvalue weighted by atomic mass is 35.5. The Morgan fingerprint density at radius 1 is 1.08 bits per heavy atom. The van der Waals surface area contributed by atoms with Crippen molar-refractivity contribution in [1.82, 2.24) is 10.2 Å². The number of halogens is 3. The molecule has 0 aliphatic heterocycles. The summed E-state index contributed by atoms with van der Waals surface area (Å²) in [7, 11) is 0. The molecule has 0 aliphatic carbocycles. The Labute approximate surface area is 145 Å². The molecule has 8 heteroatoms. The Balaban J connectivity index is 1.75. The van der Waals surface area contributed by atoms with E-state index in [1.807, 2.05) is 0 Å². The lowest BCUT2D eigenvalue weighted by atomic mass is 10.1. The Kier molecular flexibility index (Phi) is 4.82. The Morgan fingerprint density at radius 2 is 1.83 bits per heavy atom. The van der Waals surface area contributed by atoms with Crippen LogP contribution in [0.15, 0.2) is 42.5 Å². The zero-order valence-corrected chi connectivity index (χ0v) is 13.7. The van der Waals surface area contributed by atoms with E-state index in [9.17, 15) is 13.6 Å². The van der Waals surface area contributed by atoms with Gasteiger partial charge in [0.1, 0.15) is 16.6 Å². The third kappa shape index (κ3) is 3.58. The molecule has 1 N–H and O–H groups in total. The van der Waals surface area contributed by atoms with E-state index in [-0.39, 0.29) is 28.0 Å².